The van der Waals surface area contributed by atoms with E-state index >= 15 is 0 Å². The zero-order valence-corrected chi connectivity index (χ0v) is 15.5. The number of fused-ring (bicyclic) bond motifs is 1. The van der Waals surface area contributed by atoms with Crippen molar-refractivity contribution in [3.63, 3.8) is 0 Å². The molecule has 6 nitrogen and oxygen atoms in total. The van der Waals surface area contributed by atoms with Crippen LogP contribution in [0.2, 0.25) is 0 Å². The summed E-state index contributed by atoms with van der Waals surface area (Å²) in [6.07, 6.45) is -2.63. The second-order valence-corrected chi connectivity index (χ2v) is 6.78. The fraction of sp³-hybridized carbons (Fsp3) is 0.190. The monoisotopic (exact) mass is 415 g/mol. The number of carbonyl (C=O) groups excluding carboxylic acids is 2. The molecule has 0 spiro atoms. The quantitative estimate of drug-likeness (QED) is 0.638. The SMILES string of the molecule is O=C1NCCc2[nH]c(-c3ccnc(-c4ccc(COC(=O)C(F)(F)F)cc4)c3)cc21. The van der Waals surface area contributed by atoms with Gasteiger partial charge in [0, 0.05) is 41.7 Å². The summed E-state index contributed by atoms with van der Waals surface area (Å²) < 4.78 is 40.9. The number of amides is 1. The van der Waals surface area contributed by atoms with E-state index in [0.717, 1.165) is 28.9 Å². The first-order chi connectivity index (χ1) is 14.3. The number of alkyl halides is 3. The highest BCUT2D eigenvalue weighted by Gasteiger charge is 2.40. The van der Waals surface area contributed by atoms with Gasteiger partial charge in [-0.25, -0.2) is 4.79 Å². The van der Waals surface area contributed by atoms with Crippen LogP contribution < -0.4 is 5.32 Å². The second kappa shape index (κ2) is 7.66. The second-order valence-electron chi connectivity index (χ2n) is 6.78. The Kier molecular flexibility index (Phi) is 5.03. The number of rotatable bonds is 4. The lowest BCUT2D eigenvalue weighted by Crippen LogP contribution is -2.31. The van der Waals surface area contributed by atoms with Crippen LogP contribution in [0.25, 0.3) is 22.5 Å². The summed E-state index contributed by atoms with van der Waals surface area (Å²) in [7, 11) is 0. The lowest BCUT2D eigenvalue weighted by Gasteiger charge is -2.11. The van der Waals surface area contributed by atoms with E-state index in [4.69, 9.17) is 0 Å². The third kappa shape index (κ3) is 4.05. The number of pyridine rings is 1. The van der Waals surface area contributed by atoms with E-state index in [2.05, 4.69) is 20.0 Å². The van der Waals surface area contributed by atoms with Gasteiger partial charge in [-0.3, -0.25) is 9.78 Å². The number of H-pyrrole nitrogens is 1. The fourth-order valence-electron chi connectivity index (χ4n) is 3.21. The van der Waals surface area contributed by atoms with Crippen LogP contribution in [0.15, 0.2) is 48.7 Å². The molecule has 1 amide bonds. The smallest absolute Gasteiger partial charge is 0.454 e. The van der Waals surface area contributed by atoms with Crippen LogP contribution in [-0.2, 0) is 22.6 Å². The van der Waals surface area contributed by atoms with E-state index in [1.807, 2.05) is 12.1 Å². The van der Waals surface area contributed by atoms with Gasteiger partial charge in [0.25, 0.3) is 5.91 Å². The van der Waals surface area contributed by atoms with Crippen LogP contribution in [0.4, 0.5) is 13.2 Å². The Morgan fingerprint density at radius 2 is 1.87 bits per heavy atom. The molecule has 1 aromatic carbocycles. The maximum absolute atomic E-state index is 12.2. The summed E-state index contributed by atoms with van der Waals surface area (Å²) >= 11 is 0. The Labute approximate surface area is 169 Å². The summed E-state index contributed by atoms with van der Waals surface area (Å²) in [6, 6.07) is 12.0. The molecule has 0 saturated carbocycles. The Morgan fingerprint density at radius 3 is 2.57 bits per heavy atom. The number of aromatic nitrogens is 2. The van der Waals surface area contributed by atoms with Gasteiger partial charge in [-0.15, -0.1) is 0 Å². The fourth-order valence-corrected chi connectivity index (χ4v) is 3.21. The zero-order chi connectivity index (χ0) is 21.3. The van der Waals surface area contributed by atoms with Gasteiger partial charge in [0.1, 0.15) is 6.61 Å². The minimum absolute atomic E-state index is 0.102. The van der Waals surface area contributed by atoms with Crippen molar-refractivity contribution in [3.05, 3.63) is 65.5 Å². The Bertz CT molecular complexity index is 1100. The molecule has 154 valence electrons. The van der Waals surface area contributed by atoms with Gasteiger partial charge in [-0.1, -0.05) is 24.3 Å². The Balaban J connectivity index is 1.52. The van der Waals surface area contributed by atoms with Gasteiger partial charge in [0.2, 0.25) is 0 Å². The third-order valence-electron chi connectivity index (χ3n) is 4.73. The molecule has 3 heterocycles. The molecule has 1 aliphatic heterocycles. The molecule has 9 heteroatoms. The number of aromatic amines is 1. The lowest BCUT2D eigenvalue weighted by molar-refractivity contribution is -0.201. The average molecular weight is 415 g/mol. The van der Waals surface area contributed by atoms with Crippen molar-refractivity contribution in [2.24, 2.45) is 0 Å². The van der Waals surface area contributed by atoms with Gasteiger partial charge in [-0.05, 0) is 23.8 Å². The van der Waals surface area contributed by atoms with Crippen LogP contribution >= 0.6 is 0 Å². The predicted octanol–water partition coefficient (Wildman–Crippen LogP) is 3.64. The summed E-state index contributed by atoms with van der Waals surface area (Å²) in [5.74, 6) is -2.32. The number of nitrogens with zero attached hydrogens (tertiary/aromatic N) is 1. The maximum atomic E-state index is 12.2. The standard InChI is InChI=1S/C21H16F3N3O3/c22-21(23,24)20(29)30-11-12-1-3-13(4-2-12)17-9-14(5-7-25-17)18-10-15-16(27-18)6-8-26-19(15)28/h1-5,7,9-10,27H,6,8,11H2,(H,26,28). The van der Waals surface area contributed by atoms with Crippen molar-refractivity contribution in [2.45, 2.75) is 19.2 Å². The largest absolute Gasteiger partial charge is 0.490 e. The summed E-state index contributed by atoms with van der Waals surface area (Å²) in [5.41, 5.74) is 5.01. The molecule has 0 radical (unpaired) electrons. The molecule has 30 heavy (non-hydrogen) atoms. The van der Waals surface area contributed by atoms with Gasteiger partial charge in [-0.2, -0.15) is 13.2 Å². The number of esters is 1. The number of carbonyl (C=O) groups is 2. The number of ether oxygens (including phenoxy) is 1. The third-order valence-corrected chi connectivity index (χ3v) is 4.73. The van der Waals surface area contributed by atoms with Crippen LogP contribution in [0.3, 0.4) is 0 Å². The van der Waals surface area contributed by atoms with E-state index in [-0.39, 0.29) is 5.91 Å². The number of halogens is 3. The van der Waals surface area contributed by atoms with Crippen LogP contribution in [0, 0.1) is 0 Å². The van der Waals surface area contributed by atoms with Gasteiger partial charge >= 0.3 is 12.1 Å². The molecule has 0 fully saturated rings. The van der Waals surface area contributed by atoms with Crippen LogP contribution in [0.1, 0.15) is 21.6 Å². The molecule has 0 saturated heterocycles. The van der Waals surface area contributed by atoms with E-state index in [9.17, 15) is 22.8 Å². The number of hydrogen-bond acceptors (Lipinski definition) is 4. The molecule has 2 aromatic heterocycles. The number of benzene rings is 1. The van der Waals surface area contributed by atoms with E-state index in [0.29, 0.717) is 23.4 Å². The topological polar surface area (TPSA) is 84.1 Å². The highest BCUT2D eigenvalue weighted by molar-refractivity contribution is 5.97. The minimum Gasteiger partial charge on any atom is -0.454 e. The molecule has 0 aliphatic carbocycles. The predicted molar refractivity (Wildman–Crippen MR) is 101 cm³/mol. The Morgan fingerprint density at radius 1 is 1.10 bits per heavy atom. The first-order valence-corrected chi connectivity index (χ1v) is 9.11. The van der Waals surface area contributed by atoms with E-state index in [1.54, 1.807) is 36.5 Å². The van der Waals surface area contributed by atoms with E-state index < -0.39 is 18.8 Å². The average Bonchev–Trinajstić information content (AvgIpc) is 3.18. The first-order valence-electron chi connectivity index (χ1n) is 9.11. The molecule has 0 atom stereocenters. The molecular formula is C21H16F3N3O3. The van der Waals surface area contributed by atoms with Crippen molar-refractivity contribution >= 4 is 11.9 Å². The minimum atomic E-state index is -5.01. The van der Waals surface area contributed by atoms with Crippen LogP contribution in [-0.4, -0.2) is 34.6 Å². The summed E-state index contributed by atoms with van der Waals surface area (Å²) in [6.45, 7) is 0.125. The highest BCUT2D eigenvalue weighted by Crippen LogP contribution is 2.27. The molecule has 3 aromatic rings. The van der Waals surface area contributed by atoms with Crippen LogP contribution in [0.5, 0.6) is 0 Å². The summed E-state index contributed by atoms with van der Waals surface area (Å²) in [5, 5.41) is 2.81. The van der Waals surface area contributed by atoms with Crippen molar-refractivity contribution < 1.29 is 27.5 Å². The maximum Gasteiger partial charge on any atom is 0.490 e. The molecule has 0 bridgehead atoms. The van der Waals surface area contributed by atoms with Gasteiger partial charge < -0.3 is 15.0 Å². The molecule has 2 N–H and O–H groups in total. The number of nitrogens with one attached hydrogen (secondary N) is 2. The van der Waals surface area contributed by atoms with Crippen molar-refractivity contribution in [1.29, 1.82) is 0 Å². The summed E-state index contributed by atoms with van der Waals surface area (Å²) in [4.78, 5) is 30.4. The van der Waals surface area contributed by atoms with Gasteiger partial charge in [0.05, 0.1) is 11.3 Å². The zero-order valence-electron chi connectivity index (χ0n) is 15.5. The van der Waals surface area contributed by atoms with Crippen molar-refractivity contribution in [3.8, 4) is 22.5 Å². The Hall–Kier alpha value is -3.62. The van der Waals surface area contributed by atoms with Gasteiger partial charge in [0.15, 0.2) is 0 Å². The first kappa shape index (κ1) is 19.7. The highest BCUT2D eigenvalue weighted by atomic mass is 19.4. The molecule has 0 unspecified atom stereocenters. The molecule has 1 aliphatic rings. The molecular weight excluding hydrogens is 399 g/mol. The number of hydrogen-bond donors (Lipinski definition) is 2. The van der Waals surface area contributed by atoms with Crippen molar-refractivity contribution in [1.82, 2.24) is 15.3 Å². The molecule has 4 rings (SSSR count). The lowest BCUT2D eigenvalue weighted by atomic mass is 10.1. The normalized spacial score (nSPS) is 13.5. The van der Waals surface area contributed by atoms with Crippen molar-refractivity contribution in [2.75, 3.05) is 6.54 Å². The van der Waals surface area contributed by atoms with E-state index in [1.165, 1.54) is 0 Å².